The van der Waals surface area contributed by atoms with Gasteiger partial charge in [0.1, 0.15) is 5.75 Å². The van der Waals surface area contributed by atoms with Gasteiger partial charge in [-0.2, -0.15) is 0 Å². The van der Waals surface area contributed by atoms with Crippen molar-refractivity contribution in [1.82, 2.24) is 10.2 Å². The lowest BCUT2D eigenvalue weighted by Gasteiger charge is -2.34. The molecule has 0 bridgehead atoms. The molecule has 5 rings (SSSR count). The molecule has 1 atom stereocenters. The van der Waals surface area contributed by atoms with E-state index in [1.807, 2.05) is 12.1 Å². The molecular formula is C27H28ClN3O4S. The van der Waals surface area contributed by atoms with Gasteiger partial charge in [0.25, 0.3) is 15.9 Å². The number of benzene rings is 3. The number of carbonyl (C=O) groups is 1. The second-order valence-corrected chi connectivity index (χ2v) is 11.4. The van der Waals surface area contributed by atoms with Crippen LogP contribution in [0.25, 0.3) is 0 Å². The minimum Gasteiger partial charge on any atom is -0.476 e. The number of fused-ring (bicyclic) bond motifs is 1. The van der Waals surface area contributed by atoms with E-state index >= 15 is 0 Å². The summed E-state index contributed by atoms with van der Waals surface area (Å²) in [6.45, 7) is 3.31. The van der Waals surface area contributed by atoms with Gasteiger partial charge in [0, 0.05) is 18.1 Å². The molecule has 0 spiro atoms. The third-order valence-corrected chi connectivity index (χ3v) is 8.51. The van der Waals surface area contributed by atoms with Gasteiger partial charge in [0.15, 0.2) is 6.10 Å². The quantitative estimate of drug-likeness (QED) is 0.500. The van der Waals surface area contributed by atoms with Crippen LogP contribution in [0.4, 0.5) is 5.69 Å². The number of amides is 1. The van der Waals surface area contributed by atoms with Crippen LogP contribution in [-0.4, -0.2) is 45.0 Å². The molecule has 7 nitrogen and oxygen atoms in total. The van der Waals surface area contributed by atoms with Crippen LogP contribution in [0.3, 0.4) is 0 Å². The zero-order chi connectivity index (χ0) is 25.1. The number of hydrogen-bond acceptors (Lipinski definition) is 5. The van der Waals surface area contributed by atoms with Crippen LogP contribution in [0, 0.1) is 0 Å². The van der Waals surface area contributed by atoms with Gasteiger partial charge in [-0.1, -0.05) is 54.1 Å². The largest absolute Gasteiger partial charge is 0.476 e. The van der Waals surface area contributed by atoms with E-state index in [1.165, 1.54) is 40.9 Å². The predicted molar refractivity (Wildman–Crippen MR) is 140 cm³/mol. The van der Waals surface area contributed by atoms with E-state index in [4.69, 9.17) is 16.3 Å². The number of hydrogen-bond donors (Lipinski definition) is 1. The molecule has 2 aliphatic rings. The van der Waals surface area contributed by atoms with Crippen LogP contribution in [0.1, 0.15) is 24.0 Å². The summed E-state index contributed by atoms with van der Waals surface area (Å²) in [7, 11) is -3.93. The van der Waals surface area contributed by atoms with Crippen LogP contribution >= 0.6 is 11.6 Å². The summed E-state index contributed by atoms with van der Waals surface area (Å²) in [4.78, 5) is 15.7. The predicted octanol–water partition coefficient (Wildman–Crippen LogP) is 4.21. The summed E-state index contributed by atoms with van der Waals surface area (Å²) < 4.78 is 34.1. The molecule has 9 heteroatoms. The van der Waals surface area contributed by atoms with Crippen molar-refractivity contribution < 1.29 is 17.9 Å². The Morgan fingerprint density at radius 1 is 0.972 bits per heavy atom. The van der Waals surface area contributed by atoms with Gasteiger partial charge in [0.2, 0.25) is 0 Å². The van der Waals surface area contributed by atoms with E-state index in [0.717, 1.165) is 25.2 Å². The van der Waals surface area contributed by atoms with Crippen LogP contribution in [0.15, 0.2) is 77.7 Å². The molecule has 0 radical (unpaired) electrons. The first-order valence-corrected chi connectivity index (χ1v) is 13.8. The van der Waals surface area contributed by atoms with Gasteiger partial charge in [0.05, 0.1) is 17.1 Å². The first-order chi connectivity index (χ1) is 17.4. The van der Waals surface area contributed by atoms with Crippen molar-refractivity contribution >= 4 is 33.2 Å². The third-order valence-electron chi connectivity index (χ3n) is 6.48. The van der Waals surface area contributed by atoms with Gasteiger partial charge < -0.3 is 10.1 Å². The summed E-state index contributed by atoms with van der Waals surface area (Å²) in [5, 5.41) is 3.30. The Balaban J connectivity index is 1.32. The van der Waals surface area contributed by atoms with Gasteiger partial charge in [-0.3, -0.25) is 14.0 Å². The van der Waals surface area contributed by atoms with E-state index in [9.17, 15) is 13.2 Å². The number of carbonyl (C=O) groups excluding carboxylic acids is 1. The highest BCUT2D eigenvalue weighted by molar-refractivity contribution is 7.92. The molecule has 0 saturated carbocycles. The third kappa shape index (κ3) is 5.36. The number of nitrogens with zero attached hydrogens (tertiary/aromatic N) is 2. The summed E-state index contributed by atoms with van der Waals surface area (Å²) in [6.07, 6.45) is 1.47. The lowest BCUT2D eigenvalue weighted by Crippen LogP contribution is -2.50. The Morgan fingerprint density at radius 2 is 1.72 bits per heavy atom. The highest BCUT2D eigenvalue weighted by Crippen LogP contribution is 2.38. The zero-order valence-electron chi connectivity index (χ0n) is 19.8. The van der Waals surface area contributed by atoms with Gasteiger partial charge in [-0.05, 0) is 67.4 Å². The Labute approximate surface area is 216 Å². The minimum absolute atomic E-state index is 0.131. The van der Waals surface area contributed by atoms with E-state index < -0.39 is 16.1 Å². The van der Waals surface area contributed by atoms with Crippen molar-refractivity contribution in [3.8, 4) is 5.75 Å². The second kappa shape index (κ2) is 10.5. The first kappa shape index (κ1) is 24.6. The van der Waals surface area contributed by atoms with Gasteiger partial charge in [-0.15, -0.1) is 0 Å². The van der Waals surface area contributed by atoms with Crippen LogP contribution in [-0.2, 0) is 27.9 Å². The van der Waals surface area contributed by atoms with E-state index in [0.29, 0.717) is 17.3 Å². The van der Waals surface area contributed by atoms with Crippen molar-refractivity contribution in [2.75, 3.05) is 23.9 Å². The molecule has 1 saturated heterocycles. The molecule has 1 N–H and O–H groups in total. The summed E-state index contributed by atoms with van der Waals surface area (Å²) in [5.41, 5.74) is 2.50. The Kier molecular flexibility index (Phi) is 7.18. The number of nitrogens with one attached hydrogen (secondary N) is 1. The van der Waals surface area contributed by atoms with Crippen molar-refractivity contribution in [1.29, 1.82) is 0 Å². The smallest absolute Gasteiger partial charge is 0.264 e. The first-order valence-electron chi connectivity index (χ1n) is 12.0. The Morgan fingerprint density at radius 3 is 2.50 bits per heavy atom. The topological polar surface area (TPSA) is 79.0 Å². The van der Waals surface area contributed by atoms with Crippen molar-refractivity contribution in [2.24, 2.45) is 0 Å². The molecule has 0 unspecified atom stereocenters. The maximum absolute atomic E-state index is 13.5. The highest BCUT2D eigenvalue weighted by atomic mass is 35.5. The molecule has 36 heavy (non-hydrogen) atoms. The summed E-state index contributed by atoms with van der Waals surface area (Å²) in [5.74, 6) is -0.0910. The maximum Gasteiger partial charge on any atom is 0.264 e. The number of likely N-dealkylation sites (tertiary alicyclic amines) is 1. The molecule has 0 aromatic heterocycles. The monoisotopic (exact) mass is 525 g/mol. The number of sulfonamides is 1. The van der Waals surface area contributed by atoms with Gasteiger partial charge in [-0.25, -0.2) is 8.42 Å². The molecule has 1 amide bonds. The van der Waals surface area contributed by atoms with Crippen LogP contribution in [0.2, 0.25) is 5.02 Å². The number of anilines is 1. The fourth-order valence-corrected chi connectivity index (χ4v) is 6.30. The van der Waals surface area contributed by atoms with Crippen LogP contribution < -0.4 is 14.4 Å². The number of halogens is 1. The van der Waals surface area contributed by atoms with E-state index in [1.54, 1.807) is 30.3 Å². The fraction of sp³-hybridized carbons (Fsp3) is 0.296. The fourth-order valence-electron chi connectivity index (χ4n) is 4.65. The molecular weight excluding hydrogens is 498 g/mol. The molecule has 3 aromatic rings. The second-order valence-electron chi connectivity index (χ2n) is 9.09. The van der Waals surface area contributed by atoms with Crippen molar-refractivity contribution in [3.63, 3.8) is 0 Å². The Hall–Kier alpha value is -3.07. The number of ether oxygens (including phenoxy) is 1. The molecule has 2 heterocycles. The molecule has 2 aliphatic heterocycles. The zero-order valence-corrected chi connectivity index (χ0v) is 21.3. The van der Waals surface area contributed by atoms with Gasteiger partial charge >= 0.3 is 0 Å². The molecule has 0 aliphatic carbocycles. The van der Waals surface area contributed by atoms with Crippen LogP contribution in [0.5, 0.6) is 5.75 Å². The molecule has 1 fully saturated rings. The summed E-state index contributed by atoms with van der Waals surface area (Å²) in [6, 6.07) is 21.0. The summed E-state index contributed by atoms with van der Waals surface area (Å²) >= 11 is 6.16. The standard InChI is InChI=1S/C27H28ClN3O4S/c28-22-11-12-25-24(16-22)31(36(33,34)23-9-2-1-3-10-23)19-26(35-25)27(32)29-17-20-7-6-8-21(15-20)18-30-13-4-5-14-30/h1-3,6-12,15-16,26H,4-5,13-14,17-19H2,(H,29,32)/t26-/m0/s1. The number of rotatable bonds is 7. The lowest BCUT2D eigenvalue weighted by atomic mass is 10.1. The van der Waals surface area contributed by atoms with E-state index in [2.05, 4.69) is 22.3 Å². The van der Waals surface area contributed by atoms with Crippen molar-refractivity contribution in [2.45, 2.75) is 36.9 Å². The maximum atomic E-state index is 13.5. The lowest BCUT2D eigenvalue weighted by molar-refractivity contribution is -0.127. The average molecular weight is 526 g/mol. The van der Waals surface area contributed by atoms with Crippen molar-refractivity contribution in [3.05, 3.63) is 88.9 Å². The average Bonchev–Trinajstić information content (AvgIpc) is 3.40. The molecule has 3 aromatic carbocycles. The Bertz CT molecular complexity index is 1340. The minimum atomic E-state index is -3.93. The highest BCUT2D eigenvalue weighted by Gasteiger charge is 2.37. The molecule has 188 valence electrons. The SMILES string of the molecule is O=C(NCc1cccc(CN2CCCC2)c1)[C@@H]1CN(S(=O)(=O)c2ccccc2)c2cc(Cl)ccc2O1. The normalized spacial score (nSPS) is 17.9. The van der Waals surface area contributed by atoms with E-state index in [-0.39, 0.29) is 23.1 Å².